The normalized spacial score (nSPS) is 14.0. The van der Waals surface area contributed by atoms with Gasteiger partial charge in [-0.15, -0.1) is 0 Å². The van der Waals surface area contributed by atoms with Gasteiger partial charge in [-0.25, -0.2) is 17.2 Å². The second kappa shape index (κ2) is 7.97. The second-order valence-electron chi connectivity index (χ2n) is 5.45. The van der Waals surface area contributed by atoms with Crippen molar-refractivity contribution in [2.24, 2.45) is 0 Å². The van der Waals surface area contributed by atoms with E-state index in [4.69, 9.17) is 0 Å². The van der Waals surface area contributed by atoms with Crippen molar-refractivity contribution in [3.8, 4) is 0 Å². The zero-order valence-electron chi connectivity index (χ0n) is 13.3. The van der Waals surface area contributed by atoms with Gasteiger partial charge in [0, 0.05) is 18.8 Å². The first-order chi connectivity index (χ1) is 10.2. The van der Waals surface area contributed by atoms with Crippen molar-refractivity contribution in [2.45, 2.75) is 56.1 Å². The molecular formula is C15H24F2N2O2S. The standard InChI is InChI=1S/C15H24F2N2O2S/c1-4-12-6-7-14(10-19-12)22(20,21)13(5-2)8-9-18-11-15(3,16)17/h6-7,10,13,18H,4-5,8-9,11H2,1-3H3. The molecule has 126 valence electrons. The van der Waals surface area contributed by atoms with E-state index in [9.17, 15) is 17.2 Å². The third-order valence-electron chi connectivity index (χ3n) is 3.46. The summed E-state index contributed by atoms with van der Waals surface area (Å²) in [5, 5.41) is 2.00. The lowest BCUT2D eigenvalue weighted by molar-refractivity contribution is 0.0229. The third-order valence-corrected chi connectivity index (χ3v) is 5.81. The average Bonchev–Trinajstić information content (AvgIpc) is 2.46. The molecular weight excluding hydrogens is 310 g/mol. The van der Waals surface area contributed by atoms with Gasteiger partial charge >= 0.3 is 0 Å². The Morgan fingerprint density at radius 2 is 2.00 bits per heavy atom. The average molecular weight is 334 g/mol. The molecule has 22 heavy (non-hydrogen) atoms. The number of aromatic nitrogens is 1. The number of nitrogens with zero attached hydrogens (tertiary/aromatic N) is 1. The molecule has 0 amide bonds. The number of sulfone groups is 1. The van der Waals surface area contributed by atoms with E-state index in [1.165, 1.54) is 6.20 Å². The van der Waals surface area contributed by atoms with Crippen LogP contribution < -0.4 is 5.32 Å². The van der Waals surface area contributed by atoms with Crippen LogP contribution in [0.3, 0.4) is 0 Å². The lowest BCUT2D eigenvalue weighted by Gasteiger charge is -2.17. The quantitative estimate of drug-likeness (QED) is 0.706. The van der Waals surface area contributed by atoms with Gasteiger partial charge in [-0.1, -0.05) is 13.8 Å². The minimum absolute atomic E-state index is 0.192. The molecule has 0 saturated heterocycles. The van der Waals surface area contributed by atoms with E-state index < -0.39 is 27.6 Å². The summed E-state index contributed by atoms with van der Waals surface area (Å²) < 4.78 is 50.5. The fraction of sp³-hybridized carbons (Fsp3) is 0.667. The smallest absolute Gasteiger partial charge is 0.257 e. The molecule has 1 atom stereocenters. The highest BCUT2D eigenvalue weighted by atomic mass is 32.2. The SMILES string of the molecule is CCc1ccc(S(=O)(=O)C(CC)CCNCC(C)(F)F)cn1. The second-order valence-corrected chi connectivity index (χ2v) is 7.68. The summed E-state index contributed by atoms with van der Waals surface area (Å²) in [6.45, 7) is 4.35. The maximum absolute atomic E-state index is 12.7. The molecule has 1 aromatic rings. The number of alkyl halides is 2. The van der Waals surface area contributed by atoms with Crippen LogP contribution in [0, 0.1) is 0 Å². The first-order valence-electron chi connectivity index (χ1n) is 7.48. The number of halogens is 2. The van der Waals surface area contributed by atoms with Gasteiger partial charge in [0.15, 0.2) is 9.84 Å². The number of pyridine rings is 1. The monoisotopic (exact) mass is 334 g/mol. The van der Waals surface area contributed by atoms with Crippen LogP contribution in [-0.4, -0.2) is 37.7 Å². The number of nitrogens with one attached hydrogen (secondary N) is 1. The summed E-state index contributed by atoms with van der Waals surface area (Å²) in [6.07, 6.45) is 2.85. The van der Waals surface area contributed by atoms with Crippen molar-refractivity contribution in [1.29, 1.82) is 0 Å². The molecule has 4 nitrogen and oxygen atoms in total. The molecule has 1 rings (SSSR count). The van der Waals surface area contributed by atoms with Gasteiger partial charge in [0.25, 0.3) is 5.92 Å². The molecule has 7 heteroatoms. The van der Waals surface area contributed by atoms with Crippen LogP contribution in [0.2, 0.25) is 0 Å². The van der Waals surface area contributed by atoms with Crippen molar-refractivity contribution in [3.63, 3.8) is 0 Å². The Morgan fingerprint density at radius 1 is 1.32 bits per heavy atom. The minimum atomic E-state index is -3.48. The highest BCUT2D eigenvalue weighted by molar-refractivity contribution is 7.92. The number of aryl methyl sites for hydroxylation is 1. The van der Waals surface area contributed by atoms with Gasteiger partial charge in [-0.2, -0.15) is 0 Å². The van der Waals surface area contributed by atoms with E-state index in [-0.39, 0.29) is 11.4 Å². The van der Waals surface area contributed by atoms with Gasteiger partial charge in [-0.05, 0) is 37.9 Å². The van der Waals surface area contributed by atoms with Gasteiger partial charge in [0.05, 0.1) is 16.7 Å². The summed E-state index contributed by atoms with van der Waals surface area (Å²) in [5.74, 6) is -2.79. The zero-order valence-corrected chi connectivity index (χ0v) is 14.1. The fourth-order valence-electron chi connectivity index (χ4n) is 2.13. The Bertz CT molecular complexity index is 554. The molecule has 0 radical (unpaired) electrons. The minimum Gasteiger partial charge on any atom is -0.311 e. The largest absolute Gasteiger partial charge is 0.311 e. The van der Waals surface area contributed by atoms with E-state index in [2.05, 4.69) is 10.3 Å². The van der Waals surface area contributed by atoms with E-state index in [1.54, 1.807) is 19.1 Å². The van der Waals surface area contributed by atoms with Crippen LogP contribution in [0.25, 0.3) is 0 Å². The molecule has 0 saturated carbocycles. The molecule has 0 aliphatic heterocycles. The van der Waals surface area contributed by atoms with Crippen molar-refractivity contribution in [2.75, 3.05) is 13.1 Å². The Labute approximate surface area is 131 Å². The van der Waals surface area contributed by atoms with Crippen LogP contribution in [0.4, 0.5) is 8.78 Å². The molecule has 1 N–H and O–H groups in total. The zero-order chi connectivity index (χ0) is 16.8. The number of rotatable bonds is 9. The molecule has 0 fully saturated rings. The molecule has 0 aromatic carbocycles. The third kappa shape index (κ3) is 5.61. The van der Waals surface area contributed by atoms with Gasteiger partial charge in [0.1, 0.15) is 0 Å². The summed E-state index contributed by atoms with van der Waals surface area (Å²) in [7, 11) is -3.48. The molecule has 0 bridgehead atoms. The van der Waals surface area contributed by atoms with Gasteiger partial charge < -0.3 is 5.32 Å². The highest BCUT2D eigenvalue weighted by Crippen LogP contribution is 2.20. The van der Waals surface area contributed by atoms with Crippen LogP contribution in [0.5, 0.6) is 0 Å². The molecule has 1 heterocycles. The fourth-order valence-corrected chi connectivity index (χ4v) is 3.84. The topological polar surface area (TPSA) is 59.1 Å². The van der Waals surface area contributed by atoms with Gasteiger partial charge in [-0.3, -0.25) is 4.98 Å². The predicted molar refractivity (Wildman–Crippen MR) is 83.0 cm³/mol. The maximum Gasteiger partial charge on any atom is 0.257 e. The van der Waals surface area contributed by atoms with Crippen LogP contribution >= 0.6 is 0 Å². The Balaban J connectivity index is 2.70. The summed E-state index contributed by atoms with van der Waals surface area (Å²) in [5.41, 5.74) is 0.832. The van der Waals surface area contributed by atoms with Crippen LogP contribution in [0.1, 0.15) is 39.3 Å². The van der Waals surface area contributed by atoms with Crippen molar-refractivity contribution in [1.82, 2.24) is 10.3 Å². The Kier molecular flexibility index (Phi) is 6.87. The molecule has 0 aliphatic carbocycles. The van der Waals surface area contributed by atoms with E-state index in [0.717, 1.165) is 19.0 Å². The molecule has 0 spiro atoms. The van der Waals surface area contributed by atoms with Gasteiger partial charge in [0.2, 0.25) is 0 Å². The van der Waals surface area contributed by atoms with Crippen molar-refractivity contribution < 1.29 is 17.2 Å². The highest BCUT2D eigenvalue weighted by Gasteiger charge is 2.26. The number of hydrogen-bond acceptors (Lipinski definition) is 4. The number of hydrogen-bond donors (Lipinski definition) is 1. The lowest BCUT2D eigenvalue weighted by atomic mass is 10.2. The Morgan fingerprint density at radius 3 is 2.45 bits per heavy atom. The summed E-state index contributed by atoms with van der Waals surface area (Å²) in [6, 6.07) is 3.27. The first kappa shape index (κ1) is 19.0. The maximum atomic E-state index is 12.7. The van der Waals surface area contributed by atoms with Crippen LogP contribution in [-0.2, 0) is 16.3 Å². The first-order valence-corrected chi connectivity index (χ1v) is 9.02. The lowest BCUT2D eigenvalue weighted by Crippen LogP contribution is -2.33. The molecule has 1 aromatic heterocycles. The predicted octanol–water partition coefficient (Wildman–Crippen LogP) is 2.83. The summed E-state index contributed by atoms with van der Waals surface area (Å²) in [4.78, 5) is 4.31. The molecule has 1 unspecified atom stereocenters. The Hall–Kier alpha value is -1.08. The molecule has 0 aliphatic rings. The van der Waals surface area contributed by atoms with Crippen molar-refractivity contribution in [3.05, 3.63) is 24.0 Å². The summed E-state index contributed by atoms with van der Waals surface area (Å²) >= 11 is 0. The van der Waals surface area contributed by atoms with E-state index >= 15 is 0 Å². The van der Waals surface area contributed by atoms with E-state index in [1.807, 2.05) is 6.92 Å². The van der Waals surface area contributed by atoms with Crippen molar-refractivity contribution >= 4 is 9.84 Å². The van der Waals surface area contributed by atoms with Crippen LogP contribution in [0.15, 0.2) is 23.2 Å². The van der Waals surface area contributed by atoms with E-state index in [0.29, 0.717) is 12.8 Å².